The molecule has 14 heteroatoms. The number of para-hydroxylation sites is 3. The predicted octanol–water partition coefficient (Wildman–Crippen LogP) is 1.90. The highest BCUT2D eigenvalue weighted by Crippen LogP contribution is 2.22. The molecular weight excluding hydrogens is 628 g/mol. The molecule has 8 N–H and O–H groups in total. The van der Waals surface area contributed by atoms with Gasteiger partial charge in [-0.2, -0.15) is 0 Å². The van der Waals surface area contributed by atoms with Crippen molar-refractivity contribution in [3.05, 3.63) is 96.7 Å². The maximum Gasteiger partial charge on any atom is 0.323 e. The molecule has 0 fully saturated rings. The largest absolute Gasteiger partial charge is 0.480 e. The van der Waals surface area contributed by atoms with Gasteiger partial charge in [0.1, 0.15) is 25.2 Å². The SMILES string of the molecule is CC(=O)N[C@@H](CCCN=C(N)N)C(=O)N(CC(=O)N[C@@H](Cc1c[nH]c2ccccc12)C(=O)N(CC(=O)O)c1ccccc1)c1ccccc1. The van der Waals surface area contributed by atoms with E-state index >= 15 is 0 Å². The van der Waals surface area contributed by atoms with E-state index in [1.807, 2.05) is 24.3 Å². The van der Waals surface area contributed by atoms with Crippen molar-refractivity contribution in [3.8, 4) is 0 Å². The number of aromatic amines is 1. The first-order valence-electron chi connectivity index (χ1n) is 15.6. The Hall–Kier alpha value is -6.18. The molecule has 0 aliphatic carbocycles. The maximum absolute atomic E-state index is 14.2. The van der Waals surface area contributed by atoms with Crippen molar-refractivity contribution >= 4 is 57.8 Å². The fourth-order valence-electron chi connectivity index (χ4n) is 5.43. The number of aliphatic imine (C=N–C) groups is 1. The zero-order chi connectivity index (χ0) is 35.3. The number of anilines is 2. The van der Waals surface area contributed by atoms with Crippen LogP contribution in [-0.2, 0) is 30.4 Å². The molecule has 4 aromatic rings. The number of carbonyl (C=O) groups is 5. The Morgan fingerprint density at radius 2 is 1.37 bits per heavy atom. The minimum atomic E-state index is -1.24. The van der Waals surface area contributed by atoms with Crippen LogP contribution in [0.3, 0.4) is 0 Å². The topological polar surface area (TPSA) is 216 Å². The van der Waals surface area contributed by atoms with Gasteiger partial charge in [-0.05, 0) is 48.7 Å². The normalized spacial score (nSPS) is 11.9. The van der Waals surface area contributed by atoms with Gasteiger partial charge in [0.05, 0.1) is 0 Å². The van der Waals surface area contributed by atoms with Crippen LogP contribution in [0.25, 0.3) is 10.9 Å². The molecule has 0 saturated carbocycles. The zero-order valence-corrected chi connectivity index (χ0v) is 27.0. The number of aromatic nitrogens is 1. The van der Waals surface area contributed by atoms with E-state index in [0.717, 1.165) is 21.4 Å². The number of guanidine groups is 1. The summed E-state index contributed by atoms with van der Waals surface area (Å²) in [5, 5.41) is 16.0. The summed E-state index contributed by atoms with van der Waals surface area (Å²) in [6.07, 6.45) is 2.31. The van der Waals surface area contributed by atoms with Crippen molar-refractivity contribution in [1.29, 1.82) is 0 Å². The van der Waals surface area contributed by atoms with Crippen molar-refractivity contribution in [2.45, 2.75) is 38.3 Å². The number of nitrogens with one attached hydrogen (secondary N) is 3. The highest BCUT2D eigenvalue weighted by atomic mass is 16.4. The van der Waals surface area contributed by atoms with Gasteiger partial charge in [-0.3, -0.25) is 33.9 Å². The smallest absolute Gasteiger partial charge is 0.323 e. The number of carboxylic acids is 1. The van der Waals surface area contributed by atoms with Gasteiger partial charge < -0.3 is 37.1 Å². The Labute approximate surface area is 283 Å². The summed E-state index contributed by atoms with van der Waals surface area (Å²) >= 11 is 0. The molecule has 49 heavy (non-hydrogen) atoms. The highest BCUT2D eigenvalue weighted by molar-refractivity contribution is 6.05. The Morgan fingerprint density at radius 1 is 0.796 bits per heavy atom. The number of benzene rings is 3. The zero-order valence-electron chi connectivity index (χ0n) is 27.0. The predicted molar refractivity (Wildman–Crippen MR) is 187 cm³/mol. The van der Waals surface area contributed by atoms with E-state index in [0.29, 0.717) is 17.8 Å². The number of hydrogen-bond donors (Lipinski definition) is 6. The summed E-state index contributed by atoms with van der Waals surface area (Å²) < 4.78 is 0. The standard InChI is InChI=1S/C35H40N8O6/c1-23(44)40-29(17-10-18-38-35(36)37)33(48)42(25-11-4-2-5-12-25)21-31(45)41-30(19-24-20-39-28-16-9-8-15-27(24)28)34(49)43(22-32(46)47)26-13-6-3-7-14-26/h2-9,11-16,20,29-30,39H,10,17-19,21-22H2,1H3,(H,40,44)(H,41,45)(H,46,47)(H4,36,37,38)/t29-,30-/m0/s1. The summed E-state index contributed by atoms with van der Waals surface area (Å²) in [6, 6.07) is 22.0. The Morgan fingerprint density at radius 3 is 1.96 bits per heavy atom. The first kappa shape index (κ1) is 35.7. The van der Waals surface area contributed by atoms with Crippen LogP contribution < -0.4 is 31.9 Å². The van der Waals surface area contributed by atoms with Gasteiger partial charge in [0, 0.05) is 48.4 Å². The van der Waals surface area contributed by atoms with Crippen LogP contribution in [0.2, 0.25) is 0 Å². The Balaban J connectivity index is 1.65. The maximum atomic E-state index is 14.2. The lowest BCUT2D eigenvalue weighted by atomic mass is 10.0. The Kier molecular flexibility index (Phi) is 12.5. The number of fused-ring (bicyclic) bond motifs is 1. The van der Waals surface area contributed by atoms with E-state index in [1.165, 1.54) is 11.8 Å². The van der Waals surface area contributed by atoms with Crippen LogP contribution in [0.15, 0.2) is 96.1 Å². The van der Waals surface area contributed by atoms with E-state index in [1.54, 1.807) is 66.9 Å². The molecule has 0 aliphatic rings. The molecule has 2 atom stereocenters. The van der Waals surface area contributed by atoms with E-state index in [-0.39, 0.29) is 25.3 Å². The molecule has 3 aromatic carbocycles. The number of carbonyl (C=O) groups excluding carboxylic acids is 4. The third-order valence-corrected chi connectivity index (χ3v) is 7.62. The van der Waals surface area contributed by atoms with Crippen LogP contribution in [0.1, 0.15) is 25.3 Å². The van der Waals surface area contributed by atoms with Gasteiger partial charge in [-0.15, -0.1) is 0 Å². The lowest BCUT2D eigenvalue weighted by molar-refractivity contribution is -0.137. The highest BCUT2D eigenvalue weighted by Gasteiger charge is 2.32. The van der Waals surface area contributed by atoms with Gasteiger partial charge in [0.25, 0.3) is 0 Å². The fourth-order valence-corrected chi connectivity index (χ4v) is 5.43. The van der Waals surface area contributed by atoms with Crippen LogP contribution in [0.5, 0.6) is 0 Å². The molecule has 14 nitrogen and oxygen atoms in total. The van der Waals surface area contributed by atoms with Crippen LogP contribution in [-0.4, -0.2) is 77.4 Å². The van der Waals surface area contributed by atoms with Crippen LogP contribution in [0.4, 0.5) is 11.4 Å². The fraction of sp³-hybridized carbons (Fsp3) is 0.257. The van der Waals surface area contributed by atoms with Crippen molar-refractivity contribution in [2.24, 2.45) is 16.5 Å². The second kappa shape index (κ2) is 17.1. The van der Waals surface area contributed by atoms with E-state index in [9.17, 15) is 29.1 Å². The molecule has 1 aromatic heterocycles. The molecule has 0 radical (unpaired) electrons. The molecular formula is C35H40N8O6. The molecule has 4 amide bonds. The van der Waals surface area contributed by atoms with Gasteiger partial charge in [-0.25, -0.2) is 0 Å². The Bertz CT molecular complexity index is 1790. The second-order valence-electron chi connectivity index (χ2n) is 11.3. The number of aliphatic carboxylic acids is 1. The summed E-state index contributed by atoms with van der Waals surface area (Å²) in [4.78, 5) is 75.4. The monoisotopic (exact) mass is 668 g/mol. The molecule has 0 aliphatic heterocycles. The number of carboxylic acid groups (broad SMARTS) is 1. The van der Waals surface area contributed by atoms with Gasteiger partial charge in [0.2, 0.25) is 23.6 Å². The third kappa shape index (κ3) is 10.2. The van der Waals surface area contributed by atoms with Crippen molar-refractivity contribution in [3.63, 3.8) is 0 Å². The number of rotatable bonds is 16. The summed E-state index contributed by atoms with van der Waals surface area (Å²) in [7, 11) is 0. The van der Waals surface area contributed by atoms with Crippen molar-refractivity contribution in [2.75, 3.05) is 29.4 Å². The van der Waals surface area contributed by atoms with Crippen molar-refractivity contribution in [1.82, 2.24) is 15.6 Å². The minimum absolute atomic E-state index is 0.0239. The minimum Gasteiger partial charge on any atom is -0.480 e. The van der Waals surface area contributed by atoms with Crippen LogP contribution >= 0.6 is 0 Å². The van der Waals surface area contributed by atoms with E-state index in [2.05, 4.69) is 20.6 Å². The molecule has 4 rings (SSSR count). The first-order chi connectivity index (χ1) is 23.5. The first-order valence-corrected chi connectivity index (χ1v) is 15.6. The van der Waals surface area contributed by atoms with E-state index < -0.39 is 54.8 Å². The van der Waals surface area contributed by atoms with Gasteiger partial charge in [0.15, 0.2) is 5.96 Å². The quantitative estimate of drug-likeness (QED) is 0.0587. The van der Waals surface area contributed by atoms with Crippen LogP contribution in [0, 0.1) is 0 Å². The molecule has 0 bridgehead atoms. The number of nitrogens with two attached hydrogens (primary N) is 2. The lowest BCUT2D eigenvalue weighted by Crippen LogP contribution is -2.55. The lowest BCUT2D eigenvalue weighted by Gasteiger charge is -2.30. The molecule has 256 valence electrons. The molecule has 0 unspecified atom stereocenters. The summed E-state index contributed by atoms with van der Waals surface area (Å²) in [6.45, 7) is 0.362. The molecule has 0 spiro atoms. The summed E-state index contributed by atoms with van der Waals surface area (Å²) in [5.74, 6) is -3.67. The van der Waals surface area contributed by atoms with E-state index in [4.69, 9.17) is 11.5 Å². The number of H-pyrrole nitrogens is 1. The molecule has 0 saturated heterocycles. The summed E-state index contributed by atoms with van der Waals surface area (Å²) in [5.41, 5.74) is 13.1. The van der Waals surface area contributed by atoms with Gasteiger partial charge >= 0.3 is 5.97 Å². The second-order valence-corrected chi connectivity index (χ2v) is 11.3. The number of amides is 4. The average molecular weight is 669 g/mol. The van der Waals surface area contributed by atoms with Gasteiger partial charge in [-0.1, -0.05) is 54.6 Å². The van der Waals surface area contributed by atoms with Crippen molar-refractivity contribution < 1.29 is 29.1 Å². The molecule has 1 heterocycles. The number of nitrogens with zero attached hydrogens (tertiary/aromatic N) is 3. The average Bonchev–Trinajstić information content (AvgIpc) is 3.49. The third-order valence-electron chi connectivity index (χ3n) is 7.62. The number of hydrogen-bond acceptors (Lipinski definition) is 6.